The van der Waals surface area contributed by atoms with E-state index in [0.717, 1.165) is 18.4 Å². The molecule has 1 aromatic rings. The molecular weight excluding hydrogens is 196 g/mol. The predicted octanol–water partition coefficient (Wildman–Crippen LogP) is 3.52. The first-order chi connectivity index (χ1) is 6.79. The number of halogens is 1. The number of benzene rings is 1. The van der Waals surface area contributed by atoms with E-state index in [0.29, 0.717) is 5.88 Å². The first-order valence-corrected chi connectivity index (χ1v) is 5.48. The largest absolute Gasteiger partial charge is 0.294 e. The normalized spacial score (nSPS) is 12.4. The molecule has 0 aliphatic heterocycles. The van der Waals surface area contributed by atoms with Gasteiger partial charge in [-0.3, -0.25) is 4.79 Å². The Balaban J connectivity index is 2.73. The first-order valence-electron chi connectivity index (χ1n) is 4.94. The van der Waals surface area contributed by atoms with Crippen LogP contribution in [0.5, 0.6) is 0 Å². The second-order valence-corrected chi connectivity index (χ2v) is 3.68. The third-order valence-corrected chi connectivity index (χ3v) is 2.63. The number of hydrogen-bond donors (Lipinski definition) is 0. The highest BCUT2D eigenvalue weighted by molar-refractivity contribution is 6.20. The van der Waals surface area contributed by atoms with Gasteiger partial charge in [0.2, 0.25) is 0 Å². The third-order valence-electron chi connectivity index (χ3n) is 2.25. The van der Waals surface area contributed by atoms with Crippen molar-refractivity contribution in [2.24, 2.45) is 5.92 Å². The molecule has 14 heavy (non-hydrogen) atoms. The SMILES string of the molecule is CCCC(CCl)C(=O)c1ccccc1. The van der Waals surface area contributed by atoms with Gasteiger partial charge in [-0.1, -0.05) is 43.7 Å². The maximum atomic E-state index is 11.9. The van der Waals surface area contributed by atoms with Crippen LogP contribution in [-0.4, -0.2) is 11.7 Å². The second kappa shape index (κ2) is 5.82. The van der Waals surface area contributed by atoms with Crippen molar-refractivity contribution in [2.45, 2.75) is 19.8 Å². The summed E-state index contributed by atoms with van der Waals surface area (Å²) in [5.74, 6) is 0.563. The van der Waals surface area contributed by atoms with Gasteiger partial charge < -0.3 is 0 Å². The Morgan fingerprint density at radius 2 is 2.00 bits per heavy atom. The number of alkyl halides is 1. The van der Waals surface area contributed by atoms with E-state index in [-0.39, 0.29) is 11.7 Å². The zero-order valence-corrected chi connectivity index (χ0v) is 9.13. The van der Waals surface area contributed by atoms with Crippen LogP contribution in [0.25, 0.3) is 0 Å². The predicted molar refractivity (Wildman–Crippen MR) is 59.9 cm³/mol. The van der Waals surface area contributed by atoms with Crippen LogP contribution in [0.1, 0.15) is 30.1 Å². The summed E-state index contributed by atoms with van der Waals surface area (Å²) in [6.07, 6.45) is 1.87. The lowest BCUT2D eigenvalue weighted by molar-refractivity contribution is 0.0926. The van der Waals surface area contributed by atoms with E-state index >= 15 is 0 Å². The number of carbonyl (C=O) groups excluding carboxylic acids is 1. The van der Waals surface area contributed by atoms with Crippen molar-refractivity contribution in [3.05, 3.63) is 35.9 Å². The summed E-state index contributed by atoms with van der Waals surface area (Å²) in [4.78, 5) is 11.9. The molecule has 0 bridgehead atoms. The van der Waals surface area contributed by atoms with Gasteiger partial charge in [-0.05, 0) is 6.42 Å². The molecule has 2 heteroatoms. The molecule has 0 saturated carbocycles. The van der Waals surface area contributed by atoms with Crippen molar-refractivity contribution in [1.82, 2.24) is 0 Å². The molecule has 1 rings (SSSR count). The van der Waals surface area contributed by atoms with E-state index in [4.69, 9.17) is 11.6 Å². The molecule has 0 N–H and O–H groups in total. The maximum absolute atomic E-state index is 11.9. The van der Waals surface area contributed by atoms with Crippen molar-refractivity contribution >= 4 is 17.4 Å². The summed E-state index contributed by atoms with van der Waals surface area (Å²) >= 11 is 5.77. The minimum atomic E-state index is -0.0240. The van der Waals surface area contributed by atoms with Crippen LogP contribution in [0, 0.1) is 5.92 Å². The molecule has 1 aromatic carbocycles. The molecule has 1 unspecified atom stereocenters. The number of ketones is 1. The summed E-state index contributed by atoms with van der Waals surface area (Å²) in [5.41, 5.74) is 0.770. The standard InChI is InChI=1S/C12H15ClO/c1-2-6-11(9-13)12(14)10-7-4-3-5-8-10/h3-5,7-8,11H,2,6,9H2,1H3. The maximum Gasteiger partial charge on any atom is 0.167 e. The Labute approximate surface area is 90.1 Å². The number of hydrogen-bond acceptors (Lipinski definition) is 1. The zero-order chi connectivity index (χ0) is 10.4. The minimum Gasteiger partial charge on any atom is -0.294 e. The molecule has 1 atom stereocenters. The van der Waals surface area contributed by atoms with Gasteiger partial charge in [0.15, 0.2) is 5.78 Å². The van der Waals surface area contributed by atoms with E-state index in [1.165, 1.54) is 0 Å². The van der Waals surface area contributed by atoms with E-state index in [1.54, 1.807) is 0 Å². The van der Waals surface area contributed by atoms with Crippen molar-refractivity contribution in [3.63, 3.8) is 0 Å². The summed E-state index contributed by atoms with van der Waals surface area (Å²) in [5, 5.41) is 0. The summed E-state index contributed by atoms with van der Waals surface area (Å²) in [6, 6.07) is 9.36. The van der Waals surface area contributed by atoms with Gasteiger partial charge in [0, 0.05) is 17.4 Å². The molecule has 0 aromatic heterocycles. The Hall–Kier alpha value is -0.820. The molecule has 1 nitrogen and oxygen atoms in total. The van der Waals surface area contributed by atoms with E-state index in [2.05, 4.69) is 6.92 Å². The topological polar surface area (TPSA) is 17.1 Å². The van der Waals surface area contributed by atoms with Gasteiger partial charge in [0.25, 0.3) is 0 Å². The Morgan fingerprint density at radius 1 is 1.36 bits per heavy atom. The zero-order valence-electron chi connectivity index (χ0n) is 8.37. The molecule has 0 saturated heterocycles. The average Bonchev–Trinajstić information content (AvgIpc) is 2.26. The van der Waals surface area contributed by atoms with Crippen molar-refractivity contribution in [2.75, 3.05) is 5.88 Å². The molecule has 0 radical (unpaired) electrons. The van der Waals surface area contributed by atoms with Crippen LogP contribution in [-0.2, 0) is 0 Å². The molecular formula is C12H15ClO. The van der Waals surface area contributed by atoms with E-state index < -0.39 is 0 Å². The fourth-order valence-electron chi connectivity index (χ4n) is 1.46. The van der Waals surface area contributed by atoms with Crippen molar-refractivity contribution in [3.8, 4) is 0 Å². The fraction of sp³-hybridized carbons (Fsp3) is 0.417. The molecule has 0 fully saturated rings. The van der Waals surface area contributed by atoms with Crippen LogP contribution in [0.15, 0.2) is 30.3 Å². The van der Waals surface area contributed by atoms with Gasteiger partial charge in [0.05, 0.1) is 0 Å². The highest BCUT2D eigenvalue weighted by Crippen LogP contribution is 2.15. The average molecular weight is 211 g/mol. The van der Waals surface area contributed by atoms with Crippen LogP contribution in [0.4, 0.5) is 0 Å². The van der Waals surface area contributed by atoms with Crippen LogP contribution < -0.4 is 0 Å². The van der Waals surface area contributed by atoms with Crippen LogP contribution in [0.3, 0.4) is 0 Å². The molecule has 0 amide bonds. The molecule has 0 aliphatic carbocycles. The highest BCUT2D eigenvalue weighted by atomic mass is 35.5. The number of rotatable bonds is 5. The Kier molecular flexibility index (Phi) is 4.68. The molecule has 76 valence electrons. The molecule has 0 aliphatic rings. The number of carbonyl (C=O) groups is 1. The van der Waals surface area contributed by atoms with E-state index in [9.17, 15) is 4.79 Å². The smallest absolute Gasteiger partial charge is 0.167 e. The second-order valence-electron chi connectivity index (χ2n) is 3.37. The first kappa shape index (κ1) is 11.3. The van der Waals surface area contributed by atoms with Crippen molar-refractivity contribution < 1.29 is 4.79 Å². The highest BCUT2D eigenvalue weighted by Gasteiger charge is 2.17. The third kappa shape index (κ3) is 2.85. The minimum absolute atomic E-state index is 0.0240. The lowest BCUT2D eigenvalue weighted by atomic mass is 9.95. The van der Waals surface area contributed by atoms with E-state index in [1.807, 2.05) is 30.3 Å². The number of Topliss-reactive ketones (excluding diaryl/α,β-unsaturated/α-hetero) is 1. The van der Waals surface area contributed by atoms with Crippen LogP contribution in [0.2, 0.25) is 0 Å². The van der Waals surface area contributed by atoms with Gasteiger partial charge in [-0.15, -0.1) is 11.6 Å². The summed E-state index contributed by atoms with van der Waals surface area (Å²) in [7, 11) is 0. The molecule has 0 heterocycles. The Morgan fingerprint density at radius 3 is 2.50 bits per heavy atom. The summed E-state index contributed by atoms with van der Waals surface area (Å²) < 4.78 is 0. The van der Waals surface area contributed by atoms with Gasteiger partial charge in [-0.2, -0.15) is 0 Å². The van der Waals surface area contributed by atoms with Crippen LogP contribution >= 0.6 is 11.6 Å². The van der Waals surface area contributed by atoms with Gasteiger partial charge in [0.1, 0.15) is 0 Å². The fourth-order valence-corrected chi connectivity index (χ4v) is 1.76. The van der Waals surface area contributed by atoms with Gasteiger partial charge >= 0.3 is 0 Å². The van der Waals surface area contributed by atoms with Crippen molar-refractivity contribution in [1.29, 1.82) is 0 Å². The summed E-state index contributed by atoms with van der Waals surface area (Å²) in [6.45, 7) is 2.07. The lowest BCUT2D eigenvalue weighted by Gasteiger charge is -2.10. The molecule has 0 spiro atoms. The monoisotopic (exact) mass is 210 g/mol. The lowest BCUT2D eigenvalue weighted by Crippen LogP contribution is -2.16. The van der Waals surface area contributed by atoms with Gasteiger partial charge in [-0.25, -0.2) is 0 Å². The Bertz CT molecular complexity index is 282. The quantitative estimate of drug-likeness (QED) is 0.537.